The molecule has 2 aromatic carbocycles. The van der Waals surface area contributed by atoms with Gasteiger partial charge < -0.3 is 9.84 Å². The fourth-order valence-corrected chi connectivity index (χ4v) is 1.76. The van der Waals surface area contributed by atoms with E-state index in [4.69, 9.17) is 9.84 Å². The SMILES string of the molecule is COc1cc(-c2cccc(F)c2F)ccc1C(=O)O. The van der Waals surface area contributed by atoms with Crippen molar-refractivity contribution in [2.24, 2.45) is 0 Å². The molecule has 2 aromatic rings. The maximum atomic E-state index is 13.7. The summed E-state index contributed by atoms with van der Waals surface area (Å²) < 4.78 is 31.7. The second kappa shape index (κ2) is 5.06. The third-order valence-corrected chi connectivity index (χ3v) is 2.69. The van der Waals surface area contributed by atoms with E-state index < -0.39 is 17.6 Å². The molecule has 0 amide bonds. The van der Waals surface area contributed by atoms with Gasteiger partial charge in [0.05, 0.1) is 7.11 Å². The number of carboxylic acid groups (broad SMARTS) is 1. The van der Waals surface area contributed by atoms with E-state index in [0.29, 0.717) is 5.56 Å². The van der Waals surface area contributed by atoms with Gasteiger partial charge in [0.15, 0.2) is 11.6 Å². The molecule has 0 atom stereocenters. The molecule has 0 aliphatic carbocycles. The number of carbonyl (C=O) groups is 1. The predicted molar refractivity (Wildman–Crippen MR) is 65.3 cm³/mol. The van der Waals surface area contributed by atoms with Gasteiger partial charge in [-0.2, -0.15) is 0 Å². The minimum absolute atomic E-state index is 0.0388. The Bertz CT molecular complexity index is 639. The number of hydrogen-bond donors (Lipinski definition) is 1. The molecular weight excluding hydrogens is 254 g/mol. The summed E-state index contributed by atoms with van der Waals surface area (Å²) in [5, 5.41) is 8.94. The van der Waals surface area contributed by atoms with Crippen LogP contribution in [0.1, 0.15) is 10.4 Å². The largest absolute Gasteiger partial charge is 0.496 e. The fourth-order valence-electron chi connectivity index (χ4n) is 1.76. The molecule has 3 nitrogen and oxygen atoms in total. The molecule has 0 aromatic heterocycles. The standard InChI is InChI=1S/C14H10F2O3/c1-19-12-7-8(5-6-10(12)14(17)18)9-3-2-4-11(15)13(9)16/h2-7H,1H3,(H,17,18). The lowest BCUT2D eigenvalue weighted by atomic mass is 10.0. The zero-order valence-electron chi connectivity index (χ0n) is 9.98. The predicted octanol–water partition coefficient (Wildman–Crippen LogP) is 3.34. The van der Waals surface area contributed by atoms with E-state index in [1.807, 2.05) is 0 Å². The Kier molecular flexibility index (Phi) is 3.46. The first-order valence-corrected chi connectivity index (χ1v) is 5.40. The van der Waals surface area contributed by atoms with Crippen molar-refractivity contribution in [3.05, 3.63) is 53.6 Å². The molecule has 0 spiro atoms. The van der Waals surface area contributed by atoms with Gasteiger partial charge in [-0.05, 0) is 23.8 Å². The molecule has 0 bridgehead atoms. The van der Waals surface area contributed by atoms with E-state index in [1.165, 1.54) is 37.4 Å². The van der Waals surface area contributed by atoms with Gasteiger partial charge in [-0.25, -0.2) is 13.6 Å². The molecule has 0 radical (unpaired) electrons. The number of methoxy groups -OCH3 is 1. The molecule has 0 saturated carbocycles. The Hall–Kier alpha value is -2.43. The first kappa shape index (κ1) is 13.0. The summed E-state index contributed by atoms with van der Waals surface area (Å²) in [4.78, 5) is 10.9. The van der Waals surface area contributed by atoms with Gasteiger partial charge in [0.25, 0.3) is 0 Å². The zero-order chi connectivity index (χ0) is 14.0. The summed E-state index contributed by atoms with van der Waals surface area (Å²) in [5.41, 5.74) is 0.358. The lowest BCUT2D eigenvalue weighted by molar-refractivity contribution is 0.0693. The van der Waals surface area contributed by atoms with Crippen LogP contribution in [-0.2, 0) is 0 Å². The van der Waals surface area contributed by atoms with Crippen molar-refractivity contribution in [2.75, 3.05) is 7.11 Å². The third kappa shape index (κ3) is 2.40. The van der Waals surface area contributed by atoms with Crippen molar-refractivity contribution in [1.29, 1.82) is 0 Å². The Balaban J connectivity index is 2.58. The van der Waals surface area contributed by atoms with E-state index in [0.717, 1.165) is 6.07 Å². The Morgan fingerprint density at radius 1 is 1.21 bits per heavy atom. The smallest absolute Gasteiger partial charge is 0.339 e. The number of carboxylic acids is 1. The van der Waals surface area contributed by atoms with Crippen LogP contribution in [0.5, 0.6) is 5.75 Å². The van der Waals surface area contributed by atoms with Crippen LogP contribution in [0, 0.1) is 11.6 Å². The molecule has 0 aliphatic rings. The number of hydrogen-bond acceptors (Lipinski definition) is 2. The third-order valence-electron chi connectivity index (χ3n) is 2.69. The van der Waals surface area contributed by atoms with Gasteiger partial charge in [0, 0.05) is 5.56 Å². The number of halogens is 2. The minimum atomic E-state index is -1.15. The zero-order valence-corrected chi connectivity index (χ0v) is 9.98. The summed E-state index contributed by atoms with van der Waals surface area (Å²) in [6.45, 7) is 0. The molecule has 5 heteroatoms. The minimum Gasteiger partial charge on any atom is -0.496 e. The Morgan fingerprint density at radius 2 is 1.95 bits per heavy atom. The van der Waals surface area contributed by atoms with Gasteiger partial charge in [-0.3, -0.25) is 0 Å². The van der Waals surface area contributed by atoms with Crippen molar-refractivity contribution in [3.63, 3.8) is 0 Å². The fraction of sp³-hybridized carbons (Fsp3) is 0.0714. The maximum Gasteiger partial charge on any atom is 0.339 e. The van der Waals surface area contributed by atoms with Crippen molar-refractivity contribution in [2.45, 2.75) is 0 Å². The number of ether oxygens (including phenoxy) is 1. The first-order valence-electron chi connectivity index (χ1n) is 5.40. The molecule has 0 saturated heterocycles. The molecule has 0 aliphatic heterocycles. The lowest BCUT2D eigenvalue weighted by Gasteiger charge is -2.09. The number of rotatable bonds is 3. The van der Waals surface area contributed by atoms with Crippen LogP contribution in [-0.4, -0.2) is 18.2 Å². The van der Waals surface area contributed by atoms with Crippen LogP contribution in [0.15, 0.2) is 36.4 Å². The highest BCUT2D eigenvalue weighted by Crippen LogP contribution is 2.29. The normalized spacial score (nSPS) is 10.3. The van der Waals surface area contributed by atoms with E-state index in [-0.39, 0.29) is 16.9 Å². The molecule has 2 rings (SSSR count). The average Bonchev–Trinajstić information content (AvgIpc) is 2.41. The molecule has 19 heavy (non-hydrogen) atoms. The van der Waals surface area contributed by atoms with Crippen LogP contribution in [0.25, 0.3) is 11.1 Å². The molecule has 0 unspecified atom stereocenters. The first-order chi connectivity index (χ1) is 9.04. The molecule has 0 heterocycles. The molecule has 0 fully saturated rings. The highest BCUT2D eigenvalue weighted by Gasteiger charge is 2.15. The topological polar surface area (TPSA) is 46.5 Å². The van der Waals surface area contributed by atoms with Gasteiger partial charge in [0.1, 0.15) is 11.3 Å². The number of aromatic carboxylic acids is 1. The van der Waals surface area contributed by atoms with E-state index >= 15 is 0 Å². The van der Waals surface area contributed by atoms with Crippen molar-refractivity contribution >= 4 is 5.97 Å². The van der Waals surface area contributed by atoms with E-state index in [1.54, 1.807) is 0 Å². The van der Waals surface area contributed by atoms with Crippen molar-refractivity contribution < 1.29 is 23.4 Å². The summed E-state index contributed by atoms with van der Waals surface area (Å²) in [5.74, 6) is -3.00. The van der Waals surface area contributed by atoms with E-state index in [2.05, 4.69) is 0 Å². The van der Waals surface area contributed by atoms with Crippen LogP contribution < -0.4 is 4.74 Å². The van der Waals surface area contributed by atoms with Crippen LogP contribution >= 0.6 is 0 Å². The van der Waals surface area contributed by atoms with Crippen LogP contribution in [0.4, 0.5) is 8.78 Å². The molecule has 1 N–H and O–H groups in total. The Labute approximate surface area is 108 Å². The van der Waals surface area contributed by atoms with Crippen molar-refractivity contribution in [3.8, 4) is 16.9 Å². The van der Waals surface area contributed by atoms with Gasteiger partial charge >= 0.3 is 5.97 Å². The van der Waals surface area contributed by atoms with E-state index in [9.17, 15) is 13.6 Å². The van der Waals surface area contributed by atoms with Gasteiger partial charge in [0.2, 0.25) is 0 Å². The summed E-state index contributed by atoms with van der Waals surface area (Å²) in [6.07, 6.45) is 0. The summed E-state index contributed by atoms with van der Waals surface area (Å²) in [6, 6.07) is 7.87. The van der Waals surface area contributed by atoms with Crippen LogP contribution in [0.2, 0.25) is 0 Å². The Morgan fingerprint density at radius 3 is 2.58 bits per heavy atom. The van der Waals surface area contributed by atoms with Gasteiger partial charge in [-0.15, -0.1) is 0 Å². The molecular formula is C14H10F2O3. The highest BCUT2D eigenvalue weighted by atomic mass is 19.2. The van der Waals surface area contributed by atoms with Crippen molar-refractivity contribution in [1.82, 2.24) is 0 Å². The van der Waals surface area contributed by atoms with Gasteiger partial charge in [-0.1, -0.05) is 18.2 Å². The maximum absolute atomic E-state index is 13.7. The summed E-state index contributed by atoms with van der Waals surface area (Å²) in [7, 11) is 1.31. The summed E-state index contributed by atoms with van der Waals surface area (Å²) >= 11 is 0. The lowest BCUT2D eigenvalue weighted by Crippen LogP contribution is -2.00. The van der Waals surface area contributed by atoms with Crippen LogP contribution in [0.3, 0.4) is 0 Å². The second-order valence-corrected chi connectivity index (χ2v) is 3.82. The number of benzene rings is 2. The average molecular weight is 264 g/mol. The second-order valence-electron chi connectivity index (χ2n) is 3.82. The highest BCUT2D eigenvalue weighted by molar-refractivity contribution is 5.92. The monoisotopic (exact) mass is 264 g/mol. The molecule has 98 valence electrons. The quantitative estimate of drug-likeness (QED) is 0.924.